The molecule has 2 aromatic carbocycles. The van der Waals surface area contributed by atoms with Crippen molar-refractivity contribution in [2.24, 2.45) is 5.92 Å². The Morgan fingerprint density at radius 1 is 0.838 bits per heavy atom. The van der Waals surface area contributed by atoms with Crippen molar-refractivity contribution < 1.29 is 27.8 Å². The molecule has 2 aliphatic carbocycles. The molecule has 2 saturated carbocycles. The molecular weight excluding hydrogens is 477 g/mol. The van der Waals surface area contributed by atoms with Gasteiger partial charge in [-0.05, 0) is 111 Å². The zero-order valence-corrected chi connectivity index (χ0v) is 22.2. The number of hydrogen-bond donors (Lipinski definition) is 1. The molecule has 37 heavy (non-hydrogen) atoms. The third kappa shape index (κ3) is 6.88. The minimum Gasteiger partial charge on any atom is -0.491 e. The highest BCUT2D eigenvalue weighted by molar-refractivity contribution is 5.32. The van der Waals surface area contributed by atoms with Gasteiger partial charge in [0.15, 0.2) is 23.2 Å². The highest BCUT2D eigenvalue weighted by atomic mass is 19.2. The molecule has 4 rings (SSSR count). The van der Waals surface area contributed by atoms with Crippen LogP contribution in [0.1, 0.15) is 107 Å². The van der Waals surface area contributed by atoms with Gasteiger partial charge in [-0.2, -0.15) is 0 Å². The summed E-state index contributed by atoms with van der Waals surface area (Å²) in [5.41, 5.74) is 1.71. The van der Waals surface area contributed by atoms with Gasteiger partial charge >= 0.3 is 0 Å². The van der Waals surface area contributed by atoms with Crippen molar-refractivity contribution in [1.82, 2.24) is 0 Å². The zero-order chi connectivity index (χ0) is 26.4. The fraction of sp³-hybridized carbons (Fsp3) is 0.613. The van der Waals surface area contributed by atoms with E-state index in [9.17, 15) is 9.50 Å². The van der Waals surface area contributed by atoms with Gasteiger partial charge in [0.25, 0.3) is 0 Å². The lowest BCUT2D eigenvalue weighted by Gasteiger charge is -2.32. The molecule has 0 aliphatic heterocycles. The predicted molar refractivity (Wildman–Crippen MR) is 139 cm³/mol. The molecule has 204 valence electrons. The Morgan fingerprint density at radius 3 is 1.97 bits per heavy atom. The van der Waals surface area contributed by atoms with E-state index in [1.165, 1.54) is 6.07 Å². The van der Waals surface area contributed by atoms with E-state index in [1.807, 2.05) is 6.92 Å². The summed E-state index contributed by atoms with van der Waals surface area (Å²) in [5.74, 6) is -1.27. The maximum absolute atomic E-state index is 15.2. The Balaban J connectivity index is 1.29. The van der Waals surface area contributed by atoms with Crippen molar-refractivity contribution in [3.63, 3.8) is 0 Å². The molecule has 0 radical (unpaired) electrons. The SMILES string of the molecule is CCCC(O)C1CCC(c2ccc(C3CCC(OCc4ccc(OCC)c(F)c4)CC3)c(F)c2F)CC1. The third-order valence-electron chi connectivity index (χ3n) is 8.38. The Labute approximate surface area is 219 Å². The van der Waals surface area contributed by atoms with Gasteiger partial charge in [0.05, 0.1) is 25.4 Å². The second-order valence-corrected chi connectivity index (χ2v) is 10.8. The summed E-state index contributed by atoms with van der Waals surface area (Å²) in [6, 6.07) is 8.46. The van der Waals surface area contributed by atoms with Crippen LogP contribution in [-0.2, 0) is 11.3 Å². The molecular formula is C31H41F3O3. The van der Waals surface area contributed by atoms with Crippen molar-refractivity contribution in [2.45, 2.75) is 109 Å². The Kier molecular flexibility index (Phi) is 9.94. The van der Waals surface area contributed by atoms with Crippen molar-refractivity contribution in [1.29, 1.82) is 0 Å². The number of halogens is 3. The van der Waals surface area contributed by atoms with Crippen molar-refractivity contribution in [3.8, 4) is 5.75 Å². The van der Waals surface area contributed by atoms with Gasteiger partial charge < -0.3 is 14.6 Å². The number of rotatable bonds is 10. The summed E-state index contributed by atoms with van der Waals surface area (Å²) in [4.78, 5) is 0. The van der Waals surface area contributed by atoms with Crippen molar-refractivity contribution in [3.05, 3.63) is 64.5 Å². The van der Waals surface area contributed by atoms with Gasteiger partial charge in [-0.1, -0.05) is 31.5 Å². The average Bonchev–Trinajstić information content (AvgIpc) is 2.91. The molecule has 2 fully saturated rings. The molecule has 0 spiro atoms. The van der Waals surface area contributed by atoms with E-state index in [0.29, 0.717) is 24.3 Å². The van der Waals surface area contributed by atoms with E-state index in [0.717, 1.165) is 69.8 Å². The third-order valence-corrected chi connectivity index (χ3v) is 8.38. The van der Waals surface area contributed by atoms with Crippen LogP contribution in [0.4, 0.5) is 13.2 Å². The summed E-state index contributed by atoms with van der Waals surface area (Å²) in [5, 5.41) is 10.3. The molecule has 3 nitrogen and oxygen atoms in total. The van der Waals surface area contributed by atoms with Crippen LogP contribution in [0.25, 0.3) is 0 Å². The first-order valence-electron chi connectivity index (χ1n) is 14.1. The average molecular weight is 519 g/mol. The van der Waals surface area contributed by atoms with Gasteiger partial charge in [-0.3, -0.25) is 0 Å². The Hall–Kier alpha value is -2.05. The van der Waals surface area contributed by atoms with Crippen molar-refractivity contribution in [2.75, 3.05) is 6.61 Å². The lowest BCUT2D eigenvalue weighted by molar-refractivity contribution is 0.0130. The Morgan fingerprint density at radius 2 is 1.43 bits per heavy atom. The van der Waals surface area contributed by atoms with Gasteiger partial charge in [0.2, 0.25) is 0 Å². The standard InChI is InChI=1S/C31H41F3O3/c1-3-5-28(35)23-9-7-21(8-10-23)25-15-16-26(31(34)30(25)33)22-11-13-24(14-12-22)37-19-20-6-17-29(36-4-2)27(32)18-20/h6,15-18,21-24,28,35H,3-5,7-14,19H2,1-2H3. The second kappa shape index (κ2) is 13.1. The predicted octanol–water partition coefficient (Wildman–Crippen LogP) is 8.18. The molecule has 2 aromatic rings. The van der Waals surface area contributed by atoms with E-state index in [-0.39, 0.29) is 35.7 Å². The minimum atomic E-state index is -0.695. The molecule has 1 N–H and O–H groups in total. The fourth-order valence-electron chi connectivity index (χ4n) is 6.22. The first-order chi connectivity index (χ1) is 17.9. The van der Waals surface area contributed by atoms with Gasteiger partial charge in [-0.15, -0.1) is 0 Å². The number of aliphatic hydroxyl groups is 1. The maximum atomic E-state index is 15.2. The van der Waals surface area contributed by atoms with Gasteiger partial charge in [0, 0.05) is 0 Å². The van der Waals surface area contributed by atoms with E-state index in [2.05, 4.69) is 6.92 Å². The largest absolute Gasteiger partial charge is 0.491 e. The number of ether oxygens (including phenoxy) is 2. The molecule has 2 aliphatic rings. The van der Waals surface area contributed by atoms with Crippen LogP contribution in [-0.4, -0.2) is 23.9 Å². The van der Waals surface area contributed by atoms with Crippen LogP contribution in [0, 0.1) is 23.4 Å². The first-order valence-corrected chi connectivity index (χ1v) is 14.1. The van der Waals surface area contributed by atoms with E-state index >= 15 is 8.78 Å². The molecule has 0 saturated heterocycles. The van der Waals surface area contributed by atoms with Crippen molar-refractivity contribution >= 4 is 0 Å². The lowest BCUT2D eigenvalue weighted by Crippen LogP contribution is -2.25. The smallest absolute Gasteiger partial charge is 0.165 e. The topological polar surface area (TPSA) is 38.7 Å². The molecule has 1 atom stereocenters. The summed E-state index contributed by atoms with van der Waals surface area (Å²) in [6.07, 6.45) is 7.81. The van der Waals surface area contributed by atoms with E-state index in [1.54, 1.807) is 24.3 Å². The summed E-state index contributed by atoms with van der Waals surface area (Å²) in [6.45, 7) is 4.61. The second-order valence-electron chi connectivity index (χ2n) is 10.8. The number of hydrogen-bond acceptors (Lipinski definition) is 3. The van der Waals surface area contributed by atoms with Crippen LogP contribution in [0.2, 0.25) is 0 Å². The Bertz CT molecular complexity index is 1010. The highest BCUT2D eigenvalue weighted by Crippen LogP contribution is 2.42. The molecule has 6 heteroatoms. The zero-order valence-electron chi connectivity index (χ0n) is 22.2. The minimum absolute atomic E-state index is 0.0187. The molecule has 0 heterocycles. The highest BCUT2D eigenvalue weighted by Gasteiger charge is 2.31. The van der Waals surface area contributed by atoms with E-state index in [4.69, 9.17) is 9.47 Å². The van der Waals surface area contributed by atoms with Gasteiger partial charge in [-0.25, -0.2) is 13.2 Å². The quantitative estimate of drug-likeness (QED) is 0.345. The van der Waals surface area contributed by atoms with Crippen LogP contribution >= 0.6 is 0 Å². The lowest BCUT2D eigenvalue weighted by atomic mass is 9.75. The first kappa shape index (κ1) is 28.0. The fourth-order valence-corrected chi connectivity index (χ4v) is 6.22. The monoisotopic (exact) mass is 518 g/mol. The summed E-state index contributed by atoms with van der Waals surface area (Å²) >= 11 is 0. The number of benzene rings is 2. The van der Waals surface area contributed by atoms with Crippen LogP contribution < -0.4 is 4.74 Å². The number of aliphatic hydroxyl groups excluding tert-OH is 1. The molecule has 0 aromatic heterocycles. The molecule has 0 amide bonds. The van der Waals surface area contributed by atoms with Crippen LogP contribution in [0.5, 0.6) is 5.75 Å². The summed E-state index contributed by atoms with van der Waals surface area (Å²) in [7, 11) is 0. The maximum Gasteiger partial charge on any atom is 0.165 e. The van der Waals surface area contributed by atoms with E-state index < -0.39 is 17.5 Å². The van der Waals surface area contributed by atoms with Crippen LogP contribution in [0.15, 0.2) is 30.3 Å². The summed E-state index contributed by atoms with van der Waals surface area (Å²) < 4.78 is 55.7. The molecule has 1 unspecified atom stereocenters. The van der Waals surface area contributed by atoms with Crippen LogP contribution in [0.3, 0.4) is 0 Å². The molecule has 0 bridgehead atoms. The normalized spacial score (nSPS) is 25.1. The van der Waals surface area contributed by atoms with Gasteiger partial charge in [0.1, 0.15) is 0 Å².